The van der Waals surface area contributed by atoms with Crippen molar-refractivity contribution < 1.29 is 22.8 Å². The number of anilines is 1. The monoisotopic (exact) mass is 290 g/mol. The maximum Gasteiger partial charge on any atom is 0.437 e. The van der Waals surface area contributed by atoms with Crippen molar-refractivity contribution in [2.24, 2.45) is 5.16 Å². The Balaban J connectivity index is 2.35. The van der Waals surface area contributed by atoms with Crippen molar-refractivity contribution in [3.8, 4) is 0 Å². The van der Waals surface area contributed by atoms with E-state index in [-0.39, 0.29) is 0 Å². The molecule has 1 aliphatic heterocycles. The van der Waals surface area contributed by atoms with Crippen molar-refractivity contribution >= 4 is 34.1 Å². The molecule has 2 heterocycles. The first-order valence-corrected chi connectivity index (χ1v) is 5.96. The van der Waals surface area contributed by atoms with Crippen LogP contribution in [0.25, 0.3) is 6.08 Å². The summed E-state index contributed by atoms with van der Waals surface area (Å²) >= 11 is 1.26. The number of alkyl halides is 3. The molecule has 0 radical (unpaired) electrons. The smallest absolute Gasteiger partial charge is 0.370 e. The van der Waals surface area contributed by atoms with Crippen molar-refractivity contribution in [2.45, 2.75) is 6.18 Å². The fraction of sp³-hybridized carbons (Fsp3) is 0.273. The summed E-state index contributed by atoms with van der Waals surface area (Å²) in [5.41, 5.74) is -1.86. The van der Waals surface area contributed by atoms with Crippen LogP contribution >= 0.6 is 11.3 Å². The van der Waals surface area contributed by atoms with Gasteiger partial charge in [-0.05, 0) is 18.2 Å². The first kappa shape index (κ1) is 13.6. The van der Waals surface area contributed by atoms with E-state index in [1.54, 1.807) is 12.1 Å². The minimum absolute atomic E-state index is 0.523. The van der Waals surface area contributed by atoms with E-state index in [1.165, 1.54) is 11.3 Å². The third-order valence-electron chi connectivity index (χ3n) is 2.30. The molecule has 4 nitrogen and oxygen atoms in total. The molecule has 8 heteroatoms. The number of carbonyl (C=O) groups excluding carboxylic acids is 1. The van der Waals surface area contributed by atoms with Crippen LogP contribution in [0.4, 0.5) is 18.2 Å². The molecule has 0 fully saturated rings. The average molecular weight is 290 g/mol. The van der Waals surface area contributed by atoms with Crippen LogP contribution in [0.3, 0.4) is 0 Å². The van der Waals surface area contributed by atoms with Crippen LogP contribution in [0.2, 0.25) is 0 Å². The Labute approximate surface area is 110 Å². The molecule has 0 N–H and O–H groups in total. The van der Waals surface area contributed by atoms with E-state index < -0.39 is 23.4 Å². The lowest BCUT2D eigenvalue weighted by Crippen LogP contribution is -2.24. The highest BCUT2D eigenvalue weighted by molar-refractivity contribution is 7.17. The van der Waals surface area contributed by atoms with Gasteiger partial charge in [0.1, 0.15) is 0 Å². The van der Waals surface area contributed by atoms with E-state index in [1.807, 2.05) is 19.0 Å². The number of hydrogen-bond acceptors (Lipinski definition) is 5. The predicted octanol–water partition coefficient (Wildman–Crippen LogP) is 2.67. The van der Waals surface area contributed by atoms with Gasteiger partial charge in [0.15, 0.2) is 5.71 Å². The molecule has 1 aliphatic rings. The molecule has 0 atom stereocenters. The molecule has 1 aromatic heterocycles. The van der Waals surface area contributed by atoms with Crippen LogP contribution in [0.1, 0.15) is 4.88 Å². The van der Waals surface area contributed by atoms with Crippen molar-refractivity contribution in [3.63, 3.8) is 0 Å². The second kappa shape index (κ2) is 4.69. The summed E-state index contributed by atoms with van der Waals surface area (Å²) in [5.74, 6) is -1.09. The SMILES string of the molecule is CN(C)c1ccc(/C=C2\C(=O)ON=C2C(F)(F)F)s1. The molecule has 0 saturated carbocycles. The van der Waals surface area contributed by atoms with Gasteiger partial charge >= 0.3 is 12.1 Å². The summed E-state index contributed by atoms with van der Waals surface area (Å²) < 4.78 is 37.8. The van der Waals surface area contributed by atoms with Crippen LogP contribution in [0, 0.1) is 0 Å². The highest BCUT2D eigenvalue weighted by Gasteiger charge is 2.45. The fourth-order valence-electron chi connectivity index (χ4n) is 1.42. The van der Waals surface area contributed by atoms with E-state index in [9.17, 15) is 18.0 Å². The summed E-state index contributed by atoms with van der Waals surface area (Å²) in [4.78, 5) is 17.7. The van der Waals surface area contributed by atoms with E-state index in [2.05, 4.69) is 9.99 Å². The molecule has 19 heavy (non-hydrogen) atoms. The number of oxime groups is 1. The summed E-state index contributed by atoms with van der Waals surface area (Å²) in [5, 5.41) is 3.64. The summed E-state index contributed by atoms with van der Waals surface area (Å²) in [7, 11) is 3.63. The van der Waals surface area contributed by atoms with Gasteiger partial charge in [-0.15, -0.1) is 11.3 Å². The Kier molecular flexibility index (Phi) is 3.36. The zero-order valence-corrected chi connectivity index (χ0v) is 10.8. The molecule has 0 spiro atoms. The standard InChI is InChI=1S/C11H9F3N2O2S/c1-16(2)8-4-3-6(19-8)5-7-9(11(12,13)14)15-18-10(7)17/h3-5H,1-2H3/b7-5-. The van der Waals surface area contributed by atoms with Gasteiger partial charge in [0.05, 0.1) is 10.6 Å². The fourth-order valence-corrected chi connectivity index (χ4v) is 2.29. The number of nitrogens with zero attached hydrogens (tertiary/aromatic N) is 2. The average Bonchev–Trinajstić information content (AvgIpc) is 2.86. The molecule has 0 unspecified atom stereocenters. The van der Waals surface area contributed by atoms with Crippen LogP contribution in [0.5, 0.6) is 0 Å². The quantitative estimate of drug-likeness (QED) is 0.621. The van der Waals surface area contributed by atoms with Gasteiger partial charge < -0.3 is 9.74 Å². The number of carbonyl (C=O) groups is 1. The van der Waals surface area contributed by atoms with Crippen molar-refractivity contribution in [1.29, 1.82) is 0 Å². The second-order valence-corrected chi connectivity index (χ2v) is 5.04. The molecular weight excluding hydrogens is 281 g/mol. The second-order valence-electron chi connectivity index (χ2n) is 3.94. The van der Waals surface area contributed by atoms with Gasteiger partial charge in [0.25, 0.3) is 0 Å². The minimum Gasteiger partial charge on any atom is -0.370 e. The molecule has 0 bridgehead atoms. The van der Waals surface area contributed by atoms with E-state index in [0.717, 1.165) is 11.1 Å². The Hall–Kier alpha value is -1.83. The molecule has 0 amide bonds. The topological polar surface area (TPSA) is 41.9 Å². The molecule has 2 rings (SSSR count). The Bertz CT molecular complexity index is 573. The van der Waals surface area contributed by atoms with Crippen molar-refractivity contribution in [3.05, 3.63) is 22.6 Å². The Morgan fingerprint density at radius 1 is 1.37 bits per heavy atom. The highest BCUT2D eigenvalue weighted by Crippen LogP contribution is 2.31. The summed E-state index contributed by atoms with van der Waals surface area (Å²) in [6.45, 7) is 0. The first-order chi connectivity index (χ1) is 8.79. The Morgan fingerprint density at radius 3 is 2.58 bits per heavy atom. The number of hydrogen-bond donors (Lipinski definition) is 0. The number of halogens is 3. The Morgan fingerprint density at radius 2 is 2.05 bits per heavy atom. The normalized spacial score (nSPS) is 17.6. The van der Waals surface area contributed by atoms with Crippen molar-refractivity contribution in [1.82, 2.24) is 0 Å². The van der Waals surface area contributed by atoms with Gasteiger partial charge in [-0.25, -0.2) is 4.79 Å². The lowest BCUT2D eigenvalue weighted by molar-refractivity contribution is -0.136. The lowest BCUT2D eigenvalue weighted by atomic mass is 10.1. The maximum atomic E-state index is 12.6. The van der Waals surface area contributed by atoms with Gasteiger partial charge in [-0.1, -0.05) is 5.16 Å². The molecule has 0 aromatic carbocycles. The molecule has 1 aromatic rings. The van der Waals surface area contributed by atoms with Crippen LogP contribution in [-0.2, 0) is 9.63 Å². The summed E-state index contributed by atoms with van der Waals surface area (Å²) in [6.07, 6.45) is -3.57. The predicted molar refractivity (Wildman–Crippen MR) is 66.2 cm³/mol. The molecular formula is C11H9F3N2O2S. The third-order valence-corrected chi connectivity index (χ3v) is 3.50. The van der Waals surface area contributed by atoms with Crippen LogP contribution in [-0.4, -0.2) is 32.0 Å². The summed E-state index contributed by atoms with van der Waals surface area (Å²) in [6, 6.07) is 3.38. The zero-order chi connectivity index (χ0) is 14.2. The minimum atomic E-state index is -4.71. The molecule has 102 valence electrons. The van der Waals surface area contributed by atoms with E-state index >= 15 is 0 Å². The maximum absolute atomic E-state index is 12.6. The first-order valence-electron chi connectivity index (χ1n) is 5.15. The molecule has 0 saturated heterocycles. The van der Waals surface area contributed by atoms with Crippen molar-refractivity contribution in [2.75, 3.05) is 19.0 Å². The van der Waals surface area contributed by atoms with Gasteiger partial charge in [0, 0.05) is 19.0 Å². The largest absolute Gasteiger partial charge is 0.437 e. The lowest BCUT2D eigenvalue weighted by Gasteiger charge is -2.07. The molecule has 0 aliphatic carbocycles. The van der Waals surface area contributed by atoms with Crippen LogP contribution in [0.15, 0.2) is 22.9 Å². The third kappa shape index (κ3) is 2.78. The number of thiophene rings is 1. The van der Waals surface area contributed by atoms with Gasteiger partial charge in [-0.2, -0.15) is 13.2 Å². The van der Waals surface area contributed by atoms with E-state index in [4.69, 9.17) is 0 Å². The zero-order valence-electron chi connectivity index (χ0n) is 9.99. The van der Waals surface area contributed by atoms with Gasteiger partial charge in [0.2, 0.25) is 0 Å². The van der Waals surface area contributed by atoms with E-state index in [0.29, 0.717) is 4.88 Å². The van der Waals surface area contributed by atoms with Gasteiger partial charge in [-0.3, -0.25) is 0 Å². The number of rotatable bonds is 2. The highest BCUT2D eigenvalue weighted by atomic mass is 32.1. The van der Waals surface area contributed by atoms with Crippen LogP contribution < -0.4 is 4.90 Å².